The Morgan fingerprint density at radius 3 is 2.44 bits per heavy atom. The van der Waals surface area contributed by atoms with Gasteiger partial charge in [0, 0.05) is 39.3 Å². The number of aryl methyl sites for hydroxylation is 2. The highest BCUT2D eigenvalue weighted by Gasteiger charge is 2.19. The van der Waals surface area contributed by atoms with Gasteiger partial charge in [-0.1, -0.05) is 29.3 Å². The van der Waals surface area contributed by atoms with E-state index >= 15 is 0 Å². The molecule has 1 aromatic rings. The molecule has 1 fully saturated rings. The van der Waals surface area contributed by atoms with Crippen LogP contribution in [0.1, 0.15) is 43.4 Å². The fourth-order valence-corrected chi connectivity index (χ4v) is 3.64. The molecule has 5 nitrogen and oxygen atoms in total. The molecule has 1 aliphatic heterocycles. The van der Waals surface area contributed by atoms with E-state index in [-0.39, 0.29) is 0 Å². The van der Waals surface area contributed by atoms with Gasteiger partial charge in [-0.3, -0.25) is 4.99 Å². The van der Waals surface area contributed by atoms with Crippen molar-refractivity contribution in [1.29, 1.82) is 0 Å². The first-order valence-electron chi connectivity index (χ1n) is 10.3. The van der Waals surface area contributed by atoms with Crippen molar-refractivity contribution in [2.45, 2.75) is 59.1 Å². The lowest BCUT2D eigenvalue weighted by Crippen LogP contribution is -2.49. The van der Waals surface area contributed by atoms with Crippen LogP contribution in [0.2, 0.25) is 0 Å². The lowest BCUT2D eigenvalue weighted by Gasteiger charge is -2.33. The molecule has 0 amide bonds. The summed E-state index contributed by atoms with van der Waals surface area (Å²) in [4.78, 5) is 6.89. The van der Waals surface area contributed by atoms with E-state index in [0.717, 1.165) is 58.0 Å². The monoisotopic (exact) mass is 374 g/mol. The highest BCUT2D eigenvalue weighted by Crippen LogP contribution is 2.11. The zero-order valence-corrected chi connectivity index (χ0v) is 17.8. The summed E-state index contributed by atoms with van der Waals surface area (Å²) in [6.07, 6.45) is 3.64. The molecule has 0 bridgehead atoms. The van der Waals surface area contributed by atoms with Gasteiger partial charge in [0.25, 0.3) is 0 Å². The van der Waals surface area contributed by atoms with Crippen molar-refractivity contribution >= 4 is 5.96 Å². The smallest absolute Gasteiger partial charge is 0.191 e. The number of aliphatic imine (C=N–C) groups is 1. The van der Waals surface area contributed by atoms with Gasteiger partial charge in [-0.25, -0.2) is 0 Å². The summed E-state index contributed by atoms with van der Waals surface area (Å²) in [6, 6.07) is 7.26. The lowest BCUT2D eigenvalue weighted by atomic mass is 10.0. The molecule has 1 saturated heterocycles. The van der Waals surface area contributed by atoms with Crippen molar-refractivity contribution in [3.8, 4) is 0 Å². The Bertz CT molecular complexity index is 572. The van der Waals surface area contributed by atoms with Gasteiger partial charge in [0.15, 0.2) is 5.96 Å². The summed E-state index contributed by atoms with van der Waals surface area (Å²) in [5.74, 6) is 0.918. The molecule has 2 rings (SSSR count). The Hall–Kier alpha value is -1.59. The zero-order chi connectivity index (χ0) is 19.6. The predicted octanol–water partition coefficient (Wildman–Crippen LogP) is 2.90. The van der Waals surface area contributed by atoms with Gasteiger partial charge in [-0.2, -0.15) is 0 Å². The normalized spacial score (nSPS) is 16.7. The number of hydrogen-bond donors (Lipinski definition) is 2. The second-order valence-electron chi connectivity index (χ2n) is 7.92. The van der Waals surface area contributed by atoms with E-state index in [1.807, 2.05) is 7.05 Å². The summed E-state index contributed by atoms with van der Waals surface area (Å²) in [5, 5.41) is 7.06. The Kier molecular flexibility index (Phi) is 9.08. The summed E-state index contributed by atoms with van der Waals surface area (Å²) in [6.45, 7) is 13.5. The number of benzene rings is 1. The first-order chi connectivity index (χ1) is 13.0. The van der Waals surface area contributed by atoms with Gasteiger partial charge >= 0.3 is 0 Å². The molecule has 0 radical (unpaired) electrons. The van der Waals surface area contributed by atoms with Crippen LogP contribution in [0.3, 0.4) is 0 Å². The largest absolute Gasteiger partial charge is 0.377 e. The van der Waals surface area contributed by atoms with Crippen molar-refractivity contribution in [2.75, 3.05) is 39.8 Å². The molecule has 5 heteroatoms. The average molecular weight is 375 g/mol. The molecule has 1 aromatic carbocycles. The average Bonchev–Trinajstić information content (AvgIpc) is 2.61. The number of likely N-dealkylation sites (tertiary alicyclic amines) is 1. The molecule has 0 spiro atoms. The number of ether oxygens (including phenoxy) is 1. The molecule has 1 heterocycles. The number of rotatable bonds is 8. The number of nitrogens with zero attached hydrogens (tertiary/aromatic N) is 2. The minimum Gasteiger partial charge on any atom is -0.377 e. The van der Waals surface area contributed by atoms with E-state index in [1.54, 1.807) is 0 Å². The van der Waals surface area contributed by atoms with E-state index in [1.165, 1.54) is 16.7 Å². The summed E-state index contributed by atoms with van der Waals surface area (Å²) >= 11 is 0. The highest BCUT2D eigenvalue weighted by molar-refractivity contribution is 5.79. The second kappa shape index (κ2) is 11.3. The molecular weight excluding hydrogens is 336 g/mol. The van der Waals surface area contributed by atoms with Crippen molar-refractivity contribution in [3.05, 3.63) is 34.9 Å². The highest BCUT2D eigenvalue weighted by atomic mass is 16.5. The Morgan fingerprint density at radius 1 is 1.19 bits per heavy atom. The molecule has 0 atom stereocenters. The quantitative estimate of drug-likeness (QED) is 0.543. The lowest BCUT2D eigenvalue weighted by molar-refractivity contribution is 0.0532. The first-order valence-corrected chi connectivity index (χ1v) is 10.3. The van der Waals surface area contributed by atoms with Crippen molar-refractivity contribution in [1.82, 2.24) is 15.5 Å². The minimum absolute atomic E-state index is 0.322. The van der Waals surface area contributed by atoms with Crippen LogP contribution in [-0.2, 0) is 11.2 Å². The molecule has 0 saturated carbocycles. The molecule has 1 aliphatic rings. The maximum absolute atomic E-state index is 5.66. The van der Waals surface area contributed by atoms with E-state index in [9.17, 15) is 0 Å². The third-order valence-electron chi connectivity index (χ3n) is 5.00. The Labute approximate surface area is 165 Å². The van der Waals surface area contributed by atoms with Crippen LogP contribution in [0.15, 0.2) is 23.2 Å². The zero-order valence-electron chi connectivity index (χ0n) is 17.8. The second-order valence-corrected chi connectivity index (χ2v) is 7.92. The maximum Gasteiger partial charge on any atom is 0.191 e. The number of guanidine groups is 1. The molecule has 0 unspecified atom stereocenters. The van der Waals surface area contributed by atoms with Crippen LogP contribution in [0, 0.1) is 13.8 Å². The molecule has 0 aliphatic carbocycles. The van der Waals surface area contributed by atoms with Crippen molar-refractivity contribution < 1.29 is 4.74 Å². The maximum atomic E-state index is 5.66. The van der Waals surface area contributed by atoms with Crippen LogP contribution in [0.25, 0.3) is 0 Å². The van der Waals surface area contributed by atoms with Crippen molar-refractivity contribution in [3.63, 3.8) is 0 Å². The van der Waals surface area contributed by atoms with E-state index in [4.69, 9.17) is 4.74 Å². The molecule has 152 valence electrons. The predicted molar refractivity (Wildman–Crippen MR) is 115 cm³/mol. The van der Waals surface area contributed by atoms with Gasteiger partial charge in [0.2, 0.25) is 0 Å². The Morgan fingerprint density at radius 2 is 1.85 bits per heavy atom. The topological polar surface area (TPSA) is 48.9 Å². The van der Waals surface area contributed by atoms with E-state index in [0.29, 0.717) is 12.1 Å². The molecule has 0 aromatic heterocycles. The molecule has 2 N–H and O–H groups in total. The van der Waals surface area contributed by atoms with Gasteiger partial charge in [-0.15, -0.1) is 0 Å². The molecular formula is C22H38N4O. The summed E-state index contributed by atoms with van der Waals surface area (Å²) in [7, 11) is 1.85. The SMILES string of the molecule is CN=C(NCCc1cc(C)cc(C)c1)NC1CCN(CCOC(C)C)CC1. The number of piperidine rings is 1. The van der Waals surface area contributed by atoms with Crippen molar-refractivity contribution in [2.24, 2.45) is 4.99 Å². The van der Waals surface area contributed by atoms with Crippen LogP contribution in [0.5, 0.6) is 0 Å². The summed E-state index contributed by atoms with van der Waals surface area (Å²) in [5.41, 5.74) is 4.04. The van der Waals surface area contributed by atoms with Gasteiger partial charge in [0.05, 0.1) is 12.7 Å². The third-order valence-corrected chi connectivity index (χ3v) is 5.00. The minimum atomic E-state index is 0.322. The Balaban J connectivity index is 1.67. The van der Waals surface area contributed by atoms with E-state index < -0.39 is 0 Å². The fraction of sp³-hybridized carbons (Fsp3) is 0.682. The number of nitrogens with one attached hydrogen (secondary N) is 2. The standard InChI is InChI=1S/C22H38N4O/c1-17(2)27-13-12-26-10-7-21(8-11-26)25-22(23-5)24-9-6-20-15-18(3)14-19(4)16-20/h14-17,21H,6-13H2,1-5H3,(H2,23,24,25). The van der Waals surface area contributed by atoms with Crippen LogP contribution in [0.4, 0.5) is 0 Å². The first kappa shape index (κ1) is 21.7. The number of hydrogen-bond acceptors (Lipinski definition) is 3. The third kappa shape index (κ3) is 8.31. The van der Waals surface area contributed by atoms with Crippen LogP contribution < -0.4 is 10.6 Å². The van der Waals surface area contributed by atoms with Gasteiger partial charge in [-0.05, 0) is 52.5 Å². The summed E-state index contributed by atoms with van der Waals surface area (Å²) < 4.78 is 5.66. The van der Waals surface area contributed by atoms with Crippen LogP contribution >= 0.6 is 0 Å². The van der Waals surface area contributed by atoms with E-state index in [2.05, 4.69) is 66.4 Å². The molecule has 27 heavy (non-hydrogen) atoms. The fourth-order valence-electron chi connectivity index (χ4n) is 3.64. The van der Waals surface area contributed by atoms with Gasteiger partial charge < -0.3 is 20.3 Å². The van der Waals surface area contributed by atoms with Crippen LogP contribution in [-0.4, -0.2) is 62.8 Å². The van der Waals surface area contributed by atoms with Gasteiger partial charge in [0.1, 0.15) is 0 Å².